The molecule has 0 aliphatic heterocycles. The number of rotatable bonds is 5. The first-order valence-corrected chi connectivity index (χ1v) is 8.50. The molecule has 0 atom stereocenters. The summed E-state index contributed by atoms with van der Waals surface area (Å²) in [6.07, 6.45) is 0. The summed E-state index contributed by atoms with van der Waals surface area (Å²) in [6, 6.07) is 6.06. The van der Waals surface area contributed by atoms with E-state index in [0.717, 1.165) is 5.56 Å². The van der Waals surface area contributed by atoms with Gasteiger partial charge in [0.1, 0.15) is 11.6 Å². The lowest BCUT2D eigenvalue weighted by atomic mass is 10.2. The summed E-state index contributed by atoms with van der Waals surface area (Å²) in [7, 11) is 0. The van der Waals surface area contributed by atoms with E-state index in [0.29, 0.717) is 21.8 Å². The third-order valence-electron chi connectivity index (χ3n) is 2.80. The van der Waals surface area contributed by atoms with Gasteiger partial charge < -0.3 is 5.32 Å². The minimum absolute atomic E-state index is 0.183. The van der Waals surface area contributed by atoms with Crippen LogP contribution in [0.2, 0.25) is 0 Å². The van der Waals surface area contributed by atoms with Crippen LogP contribution in [0, 0.1) is 12.7 Å². The highest BCUT2D eigenvalue weighted by Crippen LogP contribution is 2.25. The quantitative estimate of drug-likeness (QED) is 0.692. The van der Waals surface area contributed by atoms with Gasteiger partial charge >= 0.3 is 0 Å². The number of carbonyl (C=O) groups is 1. The second-order valence-corrected chi connectivity index (χ2v) is 6.39. The zero-order chi connectivity index (χ0) is 16.2. The molecule has 3 aromatic rings. The molecule has 23 heavy (non-hydrogen) atoms. The molecule has 1 aromatic carbocycles. The number of halogens is 1. The predicted octanol–water partition coefficient (Wildman–Crippen LogP) is 3.11. The van der Waals surface area contributed by atoms with E-state index in [9.17, 15) is 9.18 Å². The molecule has 0 radical (unpaired) electrons. The van der Waals surface area contributed by atoms with Crippen LogP contribution in [0.25, 0.3) is 11.3 Å². The second kappa shape index (κ2) is 6.88. The molecule has 0 fully saturated rings. The van der Waals surface area contributed by atoms with Crippen molar-refractivity contribution in [3.8, 4) is 11.3 Å². The largest absolute Gasteiger partial charge is 0.301 e. The zero-order valence-corrected chi connectivity index (χ0v) is 13.7. The molecule has 0 aliphatic carbocycles. The van der Waals surface area contributed by atoms with Crippen molar-refractivity contribution in [1.82, 2.24) is 20.2 Å². The van der Waals surface area contributed by atoms with Gasteiger partial charge in [0.2, 0.25) is 11.1 Å². The minimum atomic E-state index is -0.295. The number of aryl methyl sites for hydroxylation is 1. The summed E-state index contributed by atoms with van der Waals surface area (Å²) in [5.41, 5.74) is 1.50. The summed E-state index contributed by atoms with van der Waals surface area (Å²) < 4.78 is 12.9. The number of hydrogen-bond donors (Lipinski definition) is 2. The van der Waals surface area contributed by atoms with Crippen LogP contribution in [0.5, 0.6) is 0 Å². The van der Waals surface area contributed by atoms with E-state index in [1.165, 1.54) is 35.2 Å². The Morgan fingerprint density at radius 1 is 1.35 bits per heavy atom. The molecule has 2 heterocycles. The van der Waals surface area contributed by atoms with Gasteiger partial charge in [0.05, 0.1) is 11.4 Å². The van der Waals surface area contributed by atoms with Crippen molar-refractivity contribution in [3.63, 3.8) is 0 Å². The van der Waals surface area contributed by atoms with Gasteiger partial charge in [-0.3, -0.25) is 9.89 Å². The Balaban J connectivity index is 1.58. The molecule has 0 unspecified atom stereocenters. The number of hydrogen-bond acceptors (Lipinski definition) is 6. The van der Waals surface area contributed by atoms with Gasteiger partial charge in [0.15, 0.2) is 5.13 Å². The maximum Gasteiger partial charge on any atom is 0.236 e. The number of anilines is 1. The van der Waals surface area contributed by atoms with Crippen molar-refractivity contribution in [2.24, 2.45) is 0 Å². The Kier molecular flexibility index (Phi) is 4.68. The highest BCUT2D eigenvalue weighted by Gasteiger charge is 2.10. The summed E-state index contributed by atoms with van der Waals surface area (Å²) in [5, 5.41) is 12.2. The van der Waals surface area contributed by atoms with Crippen LogP contribution < -0.4 is 5.32 Å². The van der Waals surface area contributed by atoms with E-state index < -0.39 is 0 Å². The number of nitrogens with zero attached hydrogens (tertiary/aromatic N) is 3. The van der Waals surface area contributed by atoms with E-state index in [2.05, 4.69) is 25.5 Å². The lowest BCUT2D eigenvalue weighted by Crippen LogP contribution is -2.13. The van der Waals surface area contributed by atoms with Crippen LogP contribution in [0.4, 0.5) is 9.52 Å². The molecule has 6 nitrogen and oxygen atoms in total. The molecule has 3 rings (SSSR count). The third kappa shape index (κ3) is 4.14. The van der Waals surface area contributed by atoms with Crippen molar-refractivity contribution in [3.05, 3.63) is 41.3 Å². The number of thioether (sulfide) groups is 1. The summed E-state index contributed by atoms with van der Waals surface area (Å²) in [4.78, 5) is 20.3. The Hall–Kier alpha value is -2.26. The van der Waals surface area contributed by atoms with Gasteiger partial charge in [-0.15, -0.1) is 16.4 Å². The lowest BCUT2D eigenvalue weighted by molar-refractivity contribution is -0.113. The lowest BCUT2D eigenvalue weighted by Gasteiger charge is -1.99. The first-order valence-electron chi connectivity index (χ1n) is 6.63. The van der Waals surface area contributed by atoms with Crippen molar-refractivity contribution >= 4 is 34.1 Å². The highest BCUT2D eigenvalue weighted by atomic mass is 32.2. The second-order valence-electron chi connectivity index (χ2n) is 4.59. The van der Waals surface area contributed by atoms with Crippen LogP contribution in [0.1, 0.15) is 5.82 Å². The monoisotopic (exact) mass is 349 g/mol. The van der Waals surface area contributed by atoms with Gasteiger partial charge in [-0.2, -0.15) is 0 Å². The fourth-order valence-corrected chi connectivity index (χ4v) is 3.14. The maximum atomic E-state index is 12.9. The van der Waals surface area contributed by atoms with Crippen molar-refractivity contribution < 1.29 is 9.18 Å². The molecule has 2 N–H and O–H groups in total. The first-order chi connectivity index (χ1) is 11.1. The fourth-order valence-electron chi connectivity index (χ4n) is 1.76. The van der Waals surface area contributed by atoms with Gasteiger partial charge in [-0.05, 0) is 31.2 Å². The fraction of sp³-hybridized carbons (Fsp3) is 0.143. The number of H-pyrrole nitrogens is 1. The average Bonchev–Trinajstić information content (AvgIpc) is 3.15. The van der Waals surface area contributed by atoms with Crippen LogP contribution in [-0.4, -0.2) is 31.8 Å². The van der Waals surface area contributed by atoms with Crippen molar-refractivity contribution in [1.29, 1.82) is 0 Å². The number of aromatic amines is 1. The Labute approximate surface area is 139 Å². The van der Waals surface area contributed by atoms with E-state index in [1.54, 1.807) is 19.1 Å². The molecule has 0 bridgehead atoms. The van der Waals surface area contributed by atoms with Gasteiger partial charge in [-0.1, -0.05) is 11.8 Å². The van der Waals surface area contributed by atoms with Gasteiger partial charge in [-0.25, -0.2) is 14.4 Å². The summed E-state index contributed by atoms with van der Waals surface area (Å²) >= 11 is 2.56. The van der Waals surface area contributed by atoms with Crippen LogP contribution in [0.3, 0.4) is 0 Å². The van der Waals surface area contributed by atoms with Gasteiger partial charge in [0, 0.05) is 10.9 Å². The zero-order valence-electron chi connectivity index (χ0n) is 12.0. The summed E-state index contributed by atoms with van der Waals surface area (Å²) in [5.74, 6) is 0.425. The third-order valence-corrected chi connectivity index (χ3v) is 4.40. The molecule has 118 valence electrons. The topological polar surface area (TPSA) is 83.6 Å². The molecule has 9 heteroatoms. The Morgan fingerprint density at radius 3 is 2.83 bits per heavy atom. The van der Waals surface area contributed by atoms with E-state index >= 15 is 0 Å². The SMILES string of the molecule is Cc1nc(SCC(=O)Nc2nc(-c3ccc(F)cc3)cs2)n[nH]1. The Bertz CT molecular complexity index is 815. The van der Waals surface area contributed by atoms with Crippen LogP contribution in [-0.2, 0) is 4.79 Å². The molecule has 0 saturated carbocycles. The normalized spacial score (nSPS) is 10.7. The predicted molar refractivity (Wildman–Crippen MR) is 88.0 cm³/mol. The standard InChI is InChI=1S/C14H12FN5OS2/c1-8-16-14(20-19-8)23-7-12(21)18-13-17-11(6-22-13)9-2-4-10(15)5-3-9/h2-6H,7H2,1H3,(H,16,19,20)(H,17,18,21). The Morgan fingerprint density at radius 2 is 2.13 bits per heavy atom. The van der Waals surface area contributed by atoms with Crippen LogP contribution in [0.15, 0.2) is 34.8 Å². The van der Waals surface area contributed by atoms with Crippen molar-refractivity contribution in [2.45, 2.75) is 12.1 Å². The van der Waals surface area contributed by atoms with Gasteiger partial charge in [0.25, 0.3) is 0 Å². The molecular weight excluding hydrogens is 337 g/mol. The number of aromatic nitrogens is 4. The molecule has 0 aliphatic rings. The number of carbonyl (C=O) groups excluding carboxylic acids is 1. The number of nitrogens with one attached hydrogen (secondary N) is 2. The van der Waals surface area contributed by atoms with E-state index in [1.807, 2.05) is 5.38 Å². The maximum absolute atomic E-state index is 12.9. The summed E-state index contributed by atoms with van der Waals surface area (Å²) in [6.45, 7) is 1.80. The number of benzene rings is 1. The molecule has 0 spiro atoms. The molecule has 0 saturated heterocycles. The molecule has 1 amide bonds. The molecular formula is C14H12FN5OS2. The van der Waals surface area contributed by atoms with Crippen molar-refractivity contribution in [2.75, 3.05) is 11.1 Å². The number of amides is 1. The smallest absolute Gasteiger partial charge is 0.236 e. The molecule has 2 aromatic heterocycles. The van der Waals surface area contributed by atoms with Crippen LogP contribution >= 0.6 is 23.1 Å². The van der Waals surface area contributed by atoms with E-state index in [-0.39, 0.29) is 17.5 Å². The van der Waals surface area contributed by atoms with E-state index in [4.69, 9.17) is 0 Å². The highest BCUT2D eigenvalue weighted by molar-refractivity contribution is 7.99. The minimum Gasteiger partial charge on any atom is -0.301 e. The average molecular weight is 349 g/mol. The first kappa shape index (κ1) is 15.6. The number of thiazole rings is 1.